The second-order valence-electron chi connectivity index (χ2n) is 11.3. The van der Waals surface area contributed by atoms with Crippen LogP contribution in [0.3, 0.4) is 0 Å². The minimum Gasteiger partial charge on any atom is -0.444 e. The standard InChI is InChI=1S/C30H30FN3O2S/c1-28(2,3)36-27(35)34(4)30(16-17-30)20-10-11-21(22(31)18-20)25-32-23-12-13-24(33-26(23)37-25)29(14-15-29)19-8-6-5-7-9-19/h5-13,18H,14-17H2,1-4H3. The average Bonchev–Trinajstić information content (AvgIpc) is 3.79. The lowest BCUT2D eigenvalue weighted by molar-refractivity contribution is 0.0189. The highest BCUT2D eigenvalue weighted by Crippen LogP contribution is 2.53. The maximum atomic E-state index is 15.5. The number of nitrogens with zero attached hydrogens (tertiary/aromatic N) is 3. The van der Waals surface area contributed by atoms with E-state index in [2.05, 4.69) is 30.3 Å². The molecular weight excluding hydrogens is 485 g/mol. The summed E-state index contributed by atoms with van der Waals surface area (Å²) >= 11 is 1.42. The molecule has 190 valence electrons. The quantitative estimate of drug-likeness (QED) is 0.277. The van der Waals surface area contributed by atoms with Gasteiger partial charge in [0.25, 0.3) is 0 Å². The van der Waals surface area contributed by atoms with Gasteiger partial charge in [-0.3, -0.25) is 0 Å². The first-order valence-electron chi connectivity index (χ1n) is 12.7. The van der Waals surface area contributed by atoms with Crippen molar-refractivity contribution >= 4 is 27.8 Å². The number of carbonyl (C=O) groups excluding carboxylic acids is 1. The third kappa shape index (κ3) is 4.19. The first-order valence-corrected chi connectivity index (χ1v) is 13.5. The van der Waals surface area contributed by atoms with Gasteiger partial charge in [0.05, 0.1) is 11.2 Å². The topological polar surface area (TPSA) is 55.3 Å². The highest BCUT2D eigenvalue weighted by Gasteiger charge is 2.51. The molecule has 6 rings (SSSR count). The number of halogens is 1. The number of pyridine rings is 1. The predicted molar refractivity (Wildman–Crippen MR) is 144 cm³/mol. The molecule has 0 bridgehead atoms. The van der Waals surface area contributed by atoms with Gasteiger partial charge in [-0.15, -0.1) is 0 Å². The molecule has 0 spiro atoms. The van der Waals surface area contributed by atoms with Crippen molar-refractivity contribution in [1.82, 2.24) is 14.9 Å². The lowest BCUT2D eigenvalue weighted by Gasteiger charge is -2.31. The summed E-state index contributed by atoms with van der Waals surface area (Å²) in [6.07, 6.45) is 3.32. The largest absolute Gasteiger partial charge is 0.444 e. The van der Waals surface area contributed by atoms with E-state index >= 15 is 4.39 Å². The molecule has 2 fully saturated rings. The predicted octanol–water partition coefficient (Wildman–Crippen LogP) is 7.43. The van der Waals surface area contributed by atoms with Gasteiger partial charge in [-0.1, -0.05) is 47.7 Å². The van der Waals surface area contributed by atoms with Gasteiger partial charge < -0.3 is 9.64 Å². The first-order chi connectivity index (χ1) is 17.6. The number of fused-ring (bicyclic) bond motifs is 1. The molecule has 37 heavy (non-hydrogen) atoms. The molecule has 0 unspecified atom stereocenters. The highest BCUT2D eigenvalue weighted by atomic mass is 32.1. The van der Waals surface area contributed by atoms with E-state index in [1.54, 1.807) is 24.1 Å². The van der Waals surface area contributed by atoms with Gasteiger partial charge in [0, 0.05) is 18.0 Å². The molecule has 2 aliphatic carbocycles. The molecule has 0 N–H and O–H groups in total. The Hall–Kier alpha value is -3.32. The van der Waals surface area contributed by atoms with Crippen LogP contribution in [-0.2, 0) is 15.7 Å². The van der Waals surface area contributed by atoms with Crippen LogP contribution < -0.4 is 0 Å². The van der Waals surface area contributed by atoms with Crippen LogP contribution in [0.4, 0.5) is 9.18 Å². The third-order valence-electron chi connectivity index (χ3n) is 7.59. The minimum absolute atomic E-state index is 0.0226. The molecule has 0 aliphatic heterocycles. The molecule has 2 heterocycles. The zero-order chi connectivity index (χ0) is 26.0. The molecule has 0 saturated heterocycles. The molecule has 0 radical (unpaired) electrons. The fourth-order valence-electron chi connectivity index (χ4n) is 5.19. The van der Waals surface area contributed by atoms with E-state index in [0.717, 1.165) is 47.3 Å². The number of ether oxygens (including phenoxy) is 1. The minimum atomic E-state index is -0.586. The molecule has 4 aromatic rings. The number of amides is 1. The summed E-state index contributed by atoms with van der Waals surface area (Å²) in [7, 11) is 1.73. The lowest BCUT2D eigenvalue weighted by atomic mass is 9.92. The molecule has 1 amide bonds. The van der Waals surface area contributed by atoms with Gasteiger partial charge in [-0.25, -0.2) is 19.2 Å². The number of aromatic nitrogens is 2. The van der Waals surface area contributed by atoms with Gasteiger partial charge >= 0.3 is 6.09 Å². The molecule has 2 aromatic heterocycles. The van der Waals surface area contributed by atoms with Crippen molar-refractivity contribution in [3.63, 3.8) is 0 Å². The zero-order valence-electron chi connectivity index (χ0n) is 21.5. The van der Waals surface area contributed by atoms with Crippen molar-refractivity contribution in [1.29, 1.82) is 0 Å². The van der Waals surface area contributed by atoms with Gasteiger partial charge in [-0.05, 0) is 81.8 Å². The second-order valence-corrected chi connectivity index (χ2v) is 12.2. The second kappa shape index (κ2) is 8.35. The van der Waals surface area contributed by atoms with Gasteiger partial charge in [0.15, 0.2) is 0 Å². The van der Waals surface area contributed by atoms with Crippen molar-refractivity contribution in [2.24, 2.45) is 0 Å². The van der Waals surface area contributed by atoms with Crippen molar-refractivity contribution in [2.45, 2.75) is 63.0 Å². The van der Waals surface area contributed by atoms with Crippen molar-refractivity contribution < 1.29 is 13.9 Å². The maximum absolute atomic E-state index is 15.5. The van der Waals surface area contributed by atoms with Crippen LogP contribution in [0.5, 0.6) is 0 Å². The Balaban J connectivity index is 1.28. The van der Waals surface area contributed by atoms with Crippen LogP contribution in [-0.4, -0.2) is 33.6 Å². The Morgan fingerprint density at radius 1 is 0.973 bits per heavy atom. The molecule has 2 saturated carbocycles. The van der Waals surface area contributed by atoms with Crippen LogP contribution in [0.1, 0.15) is 63.3 Å². The molecule has 0 atom stereocenters. The third-order valence-corrected chi connectivity index (χ3v) is 8.59. The molecule has 2 aromatic carbocycles. The molecule has 5 nitrogen and oxygen atoms in total. The summed E-state index contributed by atoms with van der Waals surface area (Å²) in [4.78, 5) is 24.8. The number of hydrogen-bond donors (Lipinski definition) is 0. The zero-order valence-corrected chi connectivity index (χ0v) is 22.4. The van der Waals surface area contributed by atoms with E-state index in [9.17, 15) is 4.79 Å². The fourth-order valence-corrected chi connectivity index (χ4v) is 6.16. The summed E-state index contributed by atoms with van der Waals surface area (Å²) in [5, 5.41) is 0.610. The highest BCUT2D eigenvalue weighted by molar-refractivity contribution is 7.21. The maximum Gasteiger partial charge on any atom is 0.410 e. The molecular formula is C30H30FN3O2S. The monoisotopic (exact) mass is 515 g/mol. The SMILES string of the molecule is CN(C(=O)OC(C)(C)C)C1(c2ccc(-c3nc4ccc(C5(c6ccccc6)CC5)nc4s3)c(F)c2)CC1. The van der Waals surface area contributed by atoms with E-state index in [1.165, 1.54) is 16.9 Å². The fraction of sp³-hybridized carbons (Fsp3) is 0.367. The summed E-state index contributed by atoms with van der Waals surface area (Å²) in [6, 6.07) is 19.8. The van der Waals surface area contributed by atoms with Crippen molar-refractivity contribution in [3.8, 4) is 10.6 Å². The van der Waals surface area contributed by atoms with Crippen LogP contribution >= 0.6 is 11.3 Å². The van der Waals surface area contributed by atoms with Gasteiger partial charge in [0.1, 0.15) is 26.8 Å². The number of thiazole rings is 1. The van der Waals surface area contributed by atoms with Crippen LogP contribution in [0.15, 0.2) is 60.7 Å². The van der Waals surface area contributed by atoms with E-state index in [0.29, 0.717) is 10.6 Å². The van der Waals surface area contributed by atoms with E-state index < -0.39 is 17.2 Å². The lowest BCUT2D eigenvalue weighted by Crippen LogP contribution is -2.41. The van der Waals surface area contributed by atoms with Crippen LogP contribution in [0.2, 0.25) is 0 Å². The number of rotatable bonds is 5. The number of hydrogen-bond acceptors (Lipinski definition) is 5. The summed E-state index contributed by atoms with van der Waals surface area (Å²) in [5.74, 6) is -0.344. The summed E-state index contributed by atoms with van der Waals surface area (Å²) in [6.45, 7) is 5.53. The Kier molecular flexibility index (Phi) is 5.42. The van der Waals surface area contributed by atoms with Crippen LogP contribution in [0.25, 0.3) is 20.9 Å². The average molecular weight is 516 g/mol. The van der Waals surface area contributed by atoms with Crippen molar-refractivity contribution in [3.05, 3.63) is 83.3 Å². The number of benzene rings is 2. The molecule has 2 aliphatic rings. The van der Waals surface area contributed by atoms with Gasteiger partial charge in [0.2, 0.25) is 0 Å². The normalized spacial score (nSPS) is 17.4. The Morgan fingerprint density at radius 3 is 2.32 bits per heavy atom. The van der Waals surface area contributed by atoms with Crippen molar-refractivity contribution in [2.75, 3.05) is 7.05 Å². The molecule has 7 heteroatoms. The van der Waals surface area contributed by atoms with Gasteiger partial charge in [-0.2, -0.15) is 0 Å². The van der Waals surface area contributed by atoms with E-state index in [4.69, 9.17) is 14.7 Å². The van der Waals surface area contributed by atoms with Crippen LogP contribution in [0, 0.1) is 5.82 Å². The van der Waals surface area contributed by atoms with E-state index in [-0.39, 0.29) is 11.2 Å². The van der Waals surface area contributed by atoms with E-state index in [1.807, 2.05) is 39.0 Å². The summed E-state index contributed by atoms with van der Waals surface area (Å²) < 4.78 is 21.0. The smallest absolute Gasteiger partial charge is 0.410 e. The first kappa shape index (κ1) is 24.0. The number of carbonyl (C=O) groups is 1. The Bertz CT molecular complexity index is 1500. The Labute approximate surface area is 220 Å². The Morgan fingerprint density at radius 2 is 1.70 bits per heavy atom. The summed E-state index contributed by atoms with van der Waals surface area (Å²) in [5.41, 5.74) is 3.22.